The van der Waals surface area contributed by atoms with E-state index in [0.29, 0.717) is 12.2 Å². The molecule has 0 saturated heterocycles. The molecule has 106 valence electrons. The molecule has 0 saturated carbocycles. The summed E-state index contributed by atoms with van der Waals surface area (Å²) in [4.78, 5) is 29.0. The second-order valence-corrected chi connectivity index (χ2v) is 3.92. The summed E-state index contributed by atoms with van der Waals surface area (Å²) in [6.45, 7) is 5.84. The maximum absolute atomic E-state index is 11.0. The Morgan fingerprint density at radius 2 is 2.16 bits per heavy atom. The summed E-state index contributed by atoms with van der Waals surface area (Å²) < 4.78 is 4.46. The van der Waals surface area contributed by atoms with Crippen molar-refractivity contribution in [3.8, 4) is 0 Å². The molecule has 1 aromatic rings. The van der Waals surface area contributed by atoms with Crippen LogP contribution in [0.1, 0.15) is 26.6 Å². The van der Waals surface area contributed by atoms with Crippen molar-refractivity contribution in [2.75, 3.05) is 12.9 Å². The van der Waals surface area contributed by atoms with Gasteiger partial charge in [-0.2, -0.15) is 0 Å². The van der Waals surface area contributed by atoms with Crippen LogP contribution in [-0.4, -0.2) is 33.7 Å². The summed E-state index contributed by atoms with van der Waals surface area (Å²) >= 11 is 0.970. The van der Waals surface area contributed by atoms with Crippen LogP contribution < -0.4 is 0 Å². The van der Waals surface area contributed by atoms with Crippen LogP contribution in [0.5, 0.6) is 0 Å². The number of aromatic nitrogens is 2. The van der Waals surface area contributed by atoms with Gasteiger partial charge >= 0.3 is 11.7 Å². The highest BCUT2D eigenvalue weighted by atomic mass is 32.2. The number of hydrogen-bond acceptors (Lipinski definition) is 7. The van der Waals surface area contributed by atoms with Gasteiger partial charge in [-0.25, -0.2) is 9.97 Å². The van der Waals surface area contributed by atoms with Gasteiger partial charge in [0.1, 0.15) is 12.0 Å². The van der Waals surface area contributed by atoms with E-state index < -0.39 is 10.9 Å². The van der Waals surface area contributed by atoms with Crippen molar-refractivity contribution < 1.29 is 14.5 Å². The number of methoxy groups -OCH3 is 1. The van der Waals surface area contributed by atoms with Crippen LogP contribution in [0.25, 0.3) is 0 Å². The van der Waals surface area contributed by atoms with Crippen LogP contribution in [0, 0.1) is 10.1 Å². The van der Waals surface area contributed by atoms with E-state index in [1.54, 1.807) is 0 Å². The van der Waals surface area contributed by atoms with E-state index in [9.17, 15) is 14.9 Å². The summed E-state index contributed by atoms with van der Waals surface area (Å²) in [6, 6.07) is 0. The minimum atomic E-state index is -0.570. The van der Waals surface area contributed by atoms with E-state index in [2.05, 4.69) is 14.7 Å². The molecule has 0 N–H and O–H groups in total. The summed E-state index contributed by atoms with van der Waals surface area (Å²) in [5, 5.41) is 10.9. The summed E-state index contributed by atoms with van der Waals surface area (Å²) in [5.74, 6) is 0.0289. The standard InChI is InChI=1S/C9H11N3O4S.C2H6/c1-3-7-10-4-6(12(14)15)9(11-7)17-5-8(13)16-2;1-2/h4H,3,5H2,1-2H3;1-2H3. The minimum Gasteiger partial charge on any atom is -0.468 e. The van der Waals surface area contributed by atoms with Crippen molar-refractivity contribution in [2.24, 2.45) is 0 Å². The molecule has 0 unspecified atom stereocenters. The Bertz CT molecular complexity index is 440. The highest BCUT2D eigenvalue weighted by Crippen LogP contribution is 2.26. The van der Waals surface area contributed by atoms with Crippen LogP contribution in [0.4, 0.5) is 5.69 Å². The number of aryl methyl sites for hydroxylation is 1. The normalized spacial score (nSPS) is 9.26. The average Bonchev–Trinajstić information content (AvgIpc) is 2.46. The lowest BCUT2D eigenvalue weighted by Crippen LogP contribution is -2.05. The number of esters is 1. The second-order valence-electron chi connectivity index (χ2n) is 2.95. The van der Waals surface area contributed by atoms with Gasteiger partial charge in [-0.15, -0.1) is 0 Å². The van der Waals surface area contributed by atoms with Gasteiger partial charge in [-0.05, 0) is 0 Å². The van der Waals surface area contributed by atoms with Crippen molar-refractivity contribution in [1.29, 1.82) is 0 Å². The zero-order valence-electron chi connectivity index (χ0n) is 11.4. The summed E-state index contributed by atoms with van der Waals surface area (Å²) in [5.41, 5.74) is -0.198. The van der Waals surface area contributed by atoms with E-state index in [1.807, 2.05) is 20.8 Å². The monoisotopic (exact) mass is 287 g/mol. The molecule has 0 aliphatic rings. The smallest absolute Gasteiger partial charge is 0.319 e. The number of carbonyl (C=O) groups excluding carboxylic acids is 1. The predicted molar refractivity (Wildman–Crippen MR) is 72.2 cm³/mol. The van der Waals surface area contributed by atoms with Crippen molar-refractivity contribution >= 4 is 23.4 Å². The molecule has 1 rings (SSSR count). The number of hydrogen-bond donors (Lipinski definition) is 0. The quantitative estimate of drug-likeness (QED) is 0.269. The molecular weight excluding hydrogens is 270 g/mol. The molecule has 8 heteroatoms. The molecule has 0 aliphatic carbocycles. The first-order valence-corrected chi connectivity index (χ1v) is 6.77. The molecule has 0 bridgehead atoms. The Balaban J connectivity index is 0.00000154. The third kappa shape index (κ3) is 5.64. The number of thioether (sulfide) groups is 1. The van der Waals surface area contributed by atoms with Gasteiger partial charge in [-0.1, -0.05) is 32.5 Å². The number of nitro groups is 1. The average molecular weight is 287 g/mol. The molecule has 1 aromatic heterocycles. The molecule has 1 heterocycles. The van der Waals surface area contributed by atoms with Gasteiger partial charge in [0.05, 0.1) is 17.8 Å². The highest BCUT2D eigenvalue weighted by Gasteiger charge is 2.18. The van der Waals surface area contributed by atoms with E-state index in [4.69, 9.17) is 0 Å². The van der Waals surface area contributed by atoms with E-state index in [1.165, 1.54) is 7.11 Å². The summed E-state index contributed by atoms with van der Waals surface area (Å²) in [7, 11) is 1.26. The number of carbonyl (C=O) groups is 1. The minimum absolute atomic E-state index is 0.0164. The van der Waals surface area contributed by atoms with Crippen molar-refractivity contribution in [3.63, 3.8) is 0 Å². The Kier molecular flexibility index (Phi) is 8.43. The number of ether oxygens (including phenoxy) is 1. The van der Waals surface area contributed by atoms with Crippen molar-refractivity contribution in [1.82, 2.24) is 9.97 Å². The Morgan fingerprint density at radius 3 is 2.63 bits per heavy atom. The van der Waals surface area contributed by atoms with E-state index in [0.717, 1.165) is 18.0 Å². The Labute approximate surface area is 115 Å². The first-order valence-electron chi connectivity index (χ1n) is 5.78. The van der Waals surface area contributed by atoms with Gasteiger partial charge in [0.2, 0.25) is 0 Å². The lowest BCUT2D eigenvalue weighted by atomic mass is 10.4. The molecule has 0 spiro atoms. The first-order chi connectivity index (χ1) is 9.08. The Morgan fingerprint density at radius 1 is 1.53 bits per heavy atom. The zero-order valence-corrected chi connectivity index (χ0v) is 12.2. The molecule has 7 nitrogen and oxygen atoms in total. The lowest BCUT2D eigenvalue weighted by molar-refractivity contribution is -0.388. The molecule has 0 atom stereocenters. The van der Waals surface area contributed by atoms with Gasteiger partial charge in [-0.3, -0.25) is 14.9 Å². The number of nitrogens with zero attached hydrogens (tertiary/aromatic N) is 3. The second kappa shape index (κ2) is 9.26. The molecule has 0 aliphatic heterocycles. The van der Waals surface area contributed by atoms with Gasteiger partial charge in [0.15, 0.2) is 5.03 Å². The van der Waals surface area contributed by atoms with Gasteiger partial charge < -0.3 is 4.74 Å². The van der Waals surface area contributed by atoms with Crippen molar-refractivity contribution in [2.45, 2.75) is 32.2 Å². The maximum atomic E-state index is 11.0. The van der Waals surface area contributed by atoms with Crippen LogP contribution in [0.15, 0.2) is 11.2 Å². The van der Waals surface area contributed by atoms with Gasteiger partial charge in [0.25, 0.3) is 0 Å². The molecule has 0 amide bonds. The largest absolute Gasteiger partial charge is 0.468 e. The molecular formula is C11H17N3O4S. The molecule has 19 heavy (non-hydrogen) atoms. The molecule has 0 radical (unpaired) electrons. The molecule has 0 fully saturated rings. The van der Waals surface area contributed by atoms with E-state index >= 15 is 0 Å². The zero-order chi connectivity index (χ0) is 14.8. The van der Waals surface area contributed by atoms with Gasteiger partial charge in [0, 0.05) is 6.42 Å². The fraction of sp³-hybridized carbons (Fsp3) is 0.545. The third-order valence-corrected chi connectivity index (χ3v) is 2.81. The SMILES string of the molecule is CC.CCc1ncc([N+](=O)[O-])c(SCC(=O)OC)n1. The van der Waals surface area contributed by atoms with Crippen molar-refractivity contribution in [3.05, 3.63) is 22.1 Å². The maximum Gasteiger partial charge on any atom is 0.319 e. The topological polar surface area (TPSA) is 95.2 Å². The fourth-order valence-electron chi connectivity index (χ4n) is 0.982. The summed E-state index contributed by atoms with van der Waals surface area (Å²) in [6.07, 6.45) is 1.73. The van der Waals surface area contributed by atoms with Crippen LogP contribution >= 0.6 is 11.8 Å². The van der Waals surface area contributed by atoms with E-state index in [-0.39, 0.29) is 16.5 Å². The lowest BCUT2D eigenvalue weighted by Gasteiger charge is -2.02. The highest BCUT2D eigenvalue weighted by molar-refractivity contribution is 8.00. The fourth-order valence-corrected chi connectivity index (χ4v) is 1.80. The third-order valence-electron chi connectivity index (χ3n) is 1.85. The van der Waals surface area contributed by atoms with Crippen LogP contribution in [-0.2, 0) is 16.0 Å². The first kappa shape index (κ1) is 17.3. The predicted octanol–water partition coefficient (Wildman–Crippen LogP) is 2.24. The van der Waals surface area contributed by atoms with Crippen LogP contribution in [0.3, 0.4) is 0 Å². The van der Waals surface area contributed by atoms with Crippen LogP contribution in [0.2, 0.25) is 0 Å². The number of rotatable bonds is 5. The Hall–Kier alpha value is -1.70. The molecule has 0 aromatic carbocycles.